The summed E-state index contributed by atoms with van der Waals surface area (Å²) >= 11 is 0. The Labute approximate surface area is 116 Å². The zero-order valence-corrected chi connectivity index (χ0v) is 12.1. The van der Waals surface area contributed by atoms with E-state index in [2.05, 4.69) is 37.4 Å². The molecule has 1 aromatic carbocycles. The Kier molecular flexibility index (Phi) is 3.67. The predicted octanol–water partition coefficient (Wildman–Crippen LogP) is 4.25. The molecule has 1 aromatic rings. The van der Waals surface area contributed by atoms with E-state index in [1.54, 1.807) is 0 Å². The maximum Gasteiger partial charge on any atom is 0.120 e. The standard InChI is InChI=1S/C17H25NO/c1-12(2)13-3-5-15(6-4-13)19-16-7-8-17-14(11-16)9-10-18-17/h7-8,11-13,15,18H,3-6,9-10H2,1-2H3/t13-,15-. The fourth-order valence-electron chi connectivity index (χ4n) is 3.42. The predicted molar refractivity (Wildman–Crippen MR) is 79.8 cm³/mol. The van der Waals surface area contributed by atoms with Crippen molar-refractivity contribution in [3.05, 3.63) is 23.8 Å². The molecule has 1 fully saturated rings. The van der Waals surface area contributed by atoms with E-state index in [1.165, 1.54) is 36.9 Å². The molecule has 0 saturated heterocycles. The lowest BCUT2D eigenvalue weighted by molar-refractivity contribution is 0.117. The Morgan fingerprint density at radius 3 is 2.68 bits per heavy atom. The van der Waals surface area contributed by atoms with Crippen LogP contribution in [-0.2, 0) is 6.42 Å². The van der Waals surface area contributed by atoms with Gasteiger partial charge in [0.2, 0.25) is 0 Å². The highest BCUT2D eigenvalue weighted by Crippen LogP contribution is 2.33. The van der Waals surface area contributed by atoms with Gasteiger partial charge in [-0.15, -0.1) is 0 Å². The van der Waals surface area contributed by atoms with Crippen LogP contribution in [0.5, 0.6) is 5.75 Å². The summed E-state index contributed by atoms with van der Waals surface area (Å²) in [5.74, 6) is 2.80. The molecular formula is C17H25NO. The molecule has 104 valence electrons. The molecule has 0 amide bonds. The molecule has 1 aliphatic carbocycles. The number of rotatable bonds is 3. The minimum Gasteiger partial charge on any atom is -0.490 e. The molecule has 3 rings (SSSR count). The molecule has 0 spiro atoms. The van der Waals surface area contributed by atoms with Crippen molar-refractivity contribution in [2.24, 2.45) is 11.8 Å². The maximum absolute atomic E-state index is 6.18. The lowest BCUT2D eigenvalue weighted by Gasteiger charge is -2.31. The van der Waals surface area contributed by atoms with Gasteiger partial charge >= 0.3 is 0 Å². The highest BCUT2D eigenvalue weighted by Gasteiger charge is 2.24. The SMILES string of the molecule is CC(C)[C@H]1CC[C@H](Oc2ccc3c(c2)CCN3)CC1. The van der Waals surface area contributed by atoms with Crippen molar-refractivity contribution in [2.75, 3.05) is 11.9 Å². The van der Waals surface area contributed by atoms with Crippen LogP contribution in [0.3, 0.4) is 0 Å². The van der Waals surface area contributed by atoms with E-state index in [1.807, 2.05) is 0 Å². The fraction of sp³-hybridized carbons (Fsp3) is 0.647. The van der Waals surface area contributed by atoms with E-state index in [0.717, 1.165) is 30.6 Å². The van der Waals surface area contributed by atoms with Crippen LogP contribution in [0.2, 0.25) is 0 Å². The number of benzene rings is 1. The van der Waals surface area contributed by atoms with Gasteiger partial charge in [0.15, 0.2) is 0 Å². The first kappa shape index (κ1) is 12.8. The monoisotopic (exact) mass is 259 g/mol. The number of ether oxygens (including phenoxy) is 1. The highest BCUT2D eigenvalue weighted by atomic mass is 16.5. The van der Waals surface area contributed by atoms with Crippen LogP contribution in [-0.4, -0.2) is 12.6 Å². The van der Waals surface area contributed by atoms with Crippen molar-refractivity contribution >= 4 is 5.69 Å². The average molecular weight is 259 g/mol. The van der Waals surface area contributed by atoms with Gasteiger partial charge in [0.1, 0.15) is 5.75 Å². The molecule has 2 heteroatoms. The first-order valence-electron chi connectivity index (χ1n) is 7.76. The van der Waals surface area contributed by atoms with Crippen molar-refractivity contribution in [1.29, 1.82) is 0 Å². The average Bonchev–Trinajstić information content (AvgIpc) is 2.87. The summed E-state index contributed by atoms with van der Waals surface area (Å²) in [5, 5.41) is 3.39. The summed E-state index contributed by atoms with van der Waals surface area (Å²) in [5.41, 5.74) is 2.70. The zero-order valence-electron chi connectivity index (χ0n) is 12.1. The molecule has 0 atom stereocenters. The molecule has 0 radical (unpaired) electrons. The van der Waals surface area contributed by atoms with Gasteiger partial charge in [-0.1, -0.05) is 13.8 Å². The van der Waals surface area contributed by atoms with Gasteiger partial charge in [-0.25, -0.2) is 0 Å². The van der Waals surface area contributed by atoms with Crippen LogP contribution in [0, 0.1) is 11.8 Å². The lowest BCUT2D eigenvalue weighted by atomic mass is 9.80. The molecule has 19 heavy (non-hydrogen) atoms. The molecule has 1 aliphatic heterocycles. The van der Waals surface area contributed by atoms with Crippen molar-refractivity contribution in [3.8, 4) is 5.75 Å². The minimum atomic E-state index is 0.433. The summed E-state index contributed by atoms with van der Waals surface area (Å²) in [6.45, 7) is 5.76. The smallest absolute Gasteiger partial charge is 0.120 e. The summed E-state index contributed by atoms with van der Waals surface area (Å²) in [7, 11) is 0. The first-order chi connectivity index (χ1) is 9.22. The van der Waals surface area contributed by atoms with E-state index in [9.17, 15) is 0 Å². The number of nitrogens with one attached hydrogen (secondary N) is 1. The van der Waals surface area contributed by atoms with Crippen molar-refractivity contribution in [1.82, 2.24) is 0 Å². The van der Waals surface area contributed by atoms with Crippen LogP contribution in [0.1, 0.15) is 45.1 Å². The van der Waals surface area contributed by atoms with E-state index in [4.69, 9.17) is 4.74 Å². The molecular weight excluding hydrogens is 234 g/mol. The normalized spacial score (nSPS) is 26.1. The molecule has 2 aliphatic rings. The van der Waals surface area contributed by atoms with Crippen LogP contribution in [0.25, 0.3) is 0 Å². The van der Waals surface area contributed by atoms with E-state index in [0.29, 0.717) is 6.10 Å². The molecule has 0 unspecified atom stereocenters. The van der Waals surface area contributed by atoms with Crippen LogP contribution in [0.15, 0.2) is 18.2 Å². The molecule has 2 nitrogen and oxygen atoms in total. The molecule has 1 N–H and O–H groups in total. The Balaban J connectivity index is 1.58. The lowest BCUT2D eigenvalue weighted by Crippen LogP contribution is -2.26. The Morgan fingerprint density at radius 1 is 1.16 bits per heavy atom. The van der Waals surface area contributed by atoms with Crippen LogP contribution in [0.4, 0.5) is 5.69 Å². The Bertz CT molecular complexity index is 433. The van der Waals surface area contributed by atoms with Gasteiger partial charge in [0, 0.05) is 12.2 Å². The highest BCUT2D eigenvalue weighted by molar-refractivity contribution is 5.57. The Hall–Kier alpha value is -1.18. The van der Waals surface area contributed by atoms with Gasteiger partial charge < -0.3 is 10.1 Å². The fourth-order valence-corrected chi connectivity index (χ4v) is 3.42. The number of hydrogen-bond acceptors (Lipinski definition) is 2. The van der Waals surface area contributed by atoms with Crippen LogP contribution >= 0.6 is 0 Å². The summed E-state index contributed by atoms with van der Waals surface area (Å²) in [4.78, 5) is 0. The van der Waals surface area contributed by atoms with E-state index >= 15 is 0 Å². The largest absolute Gasteiger partial charge is 0.490 e. The Morgan fingerprint density at radius 2 is 1.95 bits per heavy atom. The van der Waals surface area contributed by atoms with Gasteiger partial charge in [-0.05, 0) is 67.7 Å². The maximum atomic E-state index is 6.18. The number of fused-ring (bicyclic) bond motifs is 1. The zero-order chi connectivity index (χ0) is 13.2. The van der Waals surface area contributed by atoms with E-state index < -0.39 is 0 Å². The molecule has 1 saturated carbocycles. The van der Waals surface area contributed by atoms with Gasteiger partial charge in [-0.3, -0.25) is 0 Å². The summed E-state index contributed by atoms with van der Waals surface area (Å²) in [6, 6.07) is 6.51. The molecule has 0 aromatic heterocycles. The van der Waals surface area contributed by atoms with Gasteiger partial charge in [0.05, 0.1) is 6.10 Å². The van der Waals surface area contributed by atoms with Crippen LogP contribution < -0.4 is 10.1 Å². The van der Waals surface area contributed by atoms with E-state index in [-0.39, 0.29) is 0 Å². The second kappa shape index (κ2) is 5.44. The van der Waals surface area contributed by atoms with Crippen molar-refractivity contribution in [3.63, 3.8) is 0 Å². The van der Waals surface area contributed by atoms with Crippen molar-refractivity contribution < 1.29 is 4.74 Å². The van der Waals surface area contributed by atoms with Gasteiger partial charge in [-0.2, -0.15) is 0 Å². The third kappa shape index (κ3) is 2.88. The number of hydrogen-bond donors (Lipinski definition) is 1. The second-order valence-corrected chi connectivity index (χ2v) is 6.39. The summed E-state index contributed by atoms with van der Waals surface area (Å²) in [6.07, 6.45) is 6.66. The topological polar surface area (TPSA) is 21.3 Å². The molecule has 0 bridgehead atoms. The van der Waals surface area contributed by atoms with Gasteiger partial charge in [0.25, 0.3) is 0 Å². The quantitative estimate of drug-likeness (QED) is 0.876. The third-order valence-corrected chi connectivity index (χ3v) is 4.75. The third-order valence-electron chi connectivity index (χ3n) is 4.75. The minimum absolute atomic E-state index is 0.433. The van der Waals surface area contributed by atoms with Crippen molar-refractivity contribution in [2.45, 2.75) is 52.1 Å². The molecule has 1 heterocycles. The number of anilines is 1. The summed E-state index contributed by atoms with van der Waals surface area (Å²) < 4.78 is 6.18. The first-order valence-corrected chi connectivity index (χ1v) is 7.76. The second-order valence-electron chi connectivity index (χ2n) is 6.39.